The molecule has 0 aliphatic heterocycles. The molecular formula is C8H14N4S. The first kappa shape index (κ1) is 10.1. The van der Waals surface area contributed by atoms with Gasteiger partial charge in [0.25, 0.3) is 0 Å². The van der Waals surface area contributed by atoms with Crippen molar-refractivity contribution in [3.63, 3.8) is 0 Å². The average molecular weight is 198 g/mol. The maximum absolute atomic E-state index is 5.41. The summed E-state index contributed by atoms with van der Waals surface area (Å²) in [6.07, 6.45) is 3.71. The van der Waals surface area contributed by atoms with Gasteiger partial charge in [-0.1, -0.05) is 12.2 Å². The Hall–Kier alpha value is -0.940. The van der Waals surface area contributed by atoms with E-state index in [2.05, 4.69) is 10.00 Å². The van der Waals surface area contributed by atoms with E-state index in [1.165, 1.54) is 0 Å². The summed E-state index contributed by atoms with van der Waals surface area (Å²) >= 11 is 4.80. The minimum absolute atomic E-state index is 0.531. The standard InChI is InChI=1S/C8H14N4S/c1-11(7-8(9)13)5-6-12-4-2-3-10-12/h2-4H,5-7H2,1H3,(H2,9,13). The van der Waals surface area contributed by atoms with Gasteiger partial charge in [-0.05, 0) is 13.1 Å². The van der Waals surface area contributed by atoms with Gasteiger partial charge in [0.05, 0.1) is 11.5 Å². The average Bonchev–Trinajstić information content (AvgIpc) is 2.51. The Morgan fingerprint density at radius 3 is 3.00 bits per heavy atom. The quantitative estimate of drug-likeness (QED) is 0.682. The minimum Gasteiger partial charge on any atom is -0.392 e. The van der Waals surface area contributed by atoms with Gasteiger partial charge in [0, 0.05) is 25.5 Å². The van der Waals surface area contributed by atoms with Gasteiger partial charge in [-0.15, -0.1) is 0 Å². The number of thiocarbonyl (C=S) groups is 1. The van der Waals surface area contributed by atoms with Gasteiger partial charge in [0.1, 0.15) is 0 Å². The minimum atomic E-state index is 0.531. The van der Waals surface area contributed by atoms with Crippen LogP contribution in [0.25, 0.3) is 0 Å². The Kier molecular flexibility index (Phi) is 3.85. The molecule has 72 valence electrons. The highest BCUT2D eigenvalue weighted by molar-refractivity contribution is 7.80. The van der Waals surface area contributed by atoms with Crippen molar-refractivity contribution in [3.8, 4) is 0 Å². The third-order valence-electron chi connectivity index (χ3n) is 1.70. The van der Waals surface area contributed by atoms with Crippen LogP contribution in [0.4, 0.5) is 0 Å². The molecular weight excluding hydrogens is 184 g/mol. The first-order valence-corrected chi connectivity index (χ1v) is 4.53. The Balaban J connectivity index is 2.22. The van der Waals surface area contributed by atoms with Crippen LogP contribution >= 0.6 is 12.2 Å². The van der Waals surface area contributed by atoms with Crippen molar-refractivity contribution in [3.05, 3.63) is 18.5 Å². The third kappa shape index (κ3) is 4.00. The van der Waals surface area contributed by atoms with Crippen LogP contribution < -0.4 is 5.73 Å². The van der Waals surface area contributed by atoms with Gasteiger partial charge < -0.3 is 5.73 Å². The van der Waals surface area contributed by atoms with Crippen LogP contribution in [0.1, 0.15) is 0 Å². The van der Waals surface area contributed by atoms with E-state index in [1.807, 2.05) is 24.0 Å². The Labute approximate surface area is 83.3 Å². The zero-order chi connectivity index (χ0) is 9.68. The summed E-state index contributed by atoms with van der Waals surface area (Å²) in [5.41, 5.74) is 5.41. The lowest BCUT2D eigenvalue weighted by Gasteiger charge is -2.14. The van der Waals surface area contributed by atoms with Crippen molar-refractivity contribution < 1.29 is 0 Å². The van der Waals surface area contributed by atoms with Crippen LogP contribution in [0, 0.1) is 0 Å². The number of aromatic nitrogens is 2. The van der Waals surface area contributed by atoms with Crippen LogP contribution in [-0.4, -0.2) is 39.8 Å². The summed E-state index contributed by atoms with van der Waals surface area (Å²) in [7, 11) is 1.99. The van der Waals surface area contributed by atoms with Gasteiger partial charge in [-0.2, -0.15) is 5.10 Å². The van der Waals surface area contributed by atoms with E-state index in [4.69, 9.17) is 18.0 Å². The molecule has 0 aliphatic rings. The van der Waals surface area contributed by atoms with Gasteiger partial charge in [-0.3, -0.25) is 9.58 Å². The van der Waals surface area contributed by atoms with E-state index < -0.39 is 0 Å². The SMILES string of the molecule is CN(CCn1cccn1)CC(N)=S. The monoisotopic (exact) mass is 198 g/mol. The fourth-order valence-electron chi connectivity index (χ4n) is 1.05. The van der Waals surface area contributed by atoms with Crippen molar-refractivity contribution in [2.24, 2.45) is 5.73 Å². The maximum Gasteiger partial charge on any atom is 0.0869 e. The number of nitrogens with two attached hydrogens (primary N) is 1. The van der Waals surface area contributed by atoms with Crippen molar-refractivity contribution in [2.45, 2.75) is 6.54 Å². The second-order valence-corrected chi connectivity index (χ2v) is 3.50. The fraction of sp³-hybridized carbons (Fsp3) is 0.500. The summed E-state index contributed by atoms with van der Waals surface area (Å²) in [6, 6.07) is 1.91. The highest BCUT2D eigenvalue weighted by Crippen LogP contribution is 1.88. The van der Waals surface area contributed by atoms with E-state index in [0.717, 1.165) is 13.1 Å². The molecule has 0 atom stereocenters. The molecule has 4 nitrogen and oxygen atoms in total. The van der Waals surface area contributed by atoms with E-state index in [0.29, 0.717) is 11.5 Å². The Morgan fingerprint density at radius 2 is 2.46 bits per heavy atom. The molecule has 0 spiro atoms. The molecule has 0 unspecified atom stereocenters. The van der Waals surface area contributed by atoms with Crippen molar-refractivity contribution in [1.82, 2.24) is 14.7 Å². The number of likely N-dealkylation sites (N-methyl/N-ethyl adjacent to an activating group) is 1. The lowest BCUT2D eigenvalue weighted by molar-refractivity contribution is 0.351. The molecule has 0 aromatic carbocycles. The first-order chi connectivity index (χ1) is 6.18. The molecule has 2 N–H and O–H groups in total. The molecule has 1 heterocycles. The lowest BCUT2D eigenvalue weighted by atomic mass is 10.5. The summed E-state index contributed by atoms with van der Waals surface area (Å²) in [6.45, 7) is 2.43. The highest BCUT2D eigenvalue weighted by atomic mass is 32.1. The Morgan fingerprint density at radius 1 is 1.69 bits per heavy atom. The van der Waals surface area contributed by atoms with Crippen molar-refractivity contribution >= 4 is 17.2 Å². The third-order valence-corrected chi connectivity index (χ3v) is 1.82. The molecule has 1 rings (SSSR count). The summed E-state index contributed by atoms with van der Waals surface area (Å²) in [4.78, 5) is 2.60. The van der Waals surface area contributed by atoms with E-state index in [9.17, 15) is 0 Å². The van der Waals surface area contributed by atoms with E-state index in [-0.39, 0.29) is 0 Å². The number of hydrogen-bond donors (Lipinski definition) is 1. The smallest absolute Gasteiger partial charge is 0.0869 e. The fourth-order valence-corrected chi connectivity index (χ4v) is 1.27. The predicted octanol–water partition coefficient (Wildman–Crippen LogP) is 0.101. The summed E-state index contributed by atoms with van der Waals surface area (Å²) in [5, 5.41) is 4.09. The number of hydrogen-bond acceptors (Lipinski definition) is 3. The van der Waals surface area contributed by atoms with Gasteiger partial charge >= 0.3 is 0 Å². The molecule has 0 saturated carbocycles. The largest absolute Gasteiger partial charge is 0.392 e. The van der Waals surface area contributed by atoms with Gasteiger partial charge in [0.2, 0.25) is 0 Å². The molecule has 5 heteroatoms. The lowest BCUT2D eigenvalue weighted by Crippen LogP contribution is -2.31. The molecule has 0 bridgehead atoms. The number of nitrogens with zero attached hydrogens (tertiary/aromatic N) is 3. The summed E-state index contributed by atoms with van der Waals surface area (Å²) < 4.78 is 1.88. The predicted molar refractivity (Wildman–Crippen MR) is 56.5 cm³/mol. The van der Waals surface area contributed by atoms with Crippen molar-refractivity contribution in [2.75, 3.05) is 20.1 Å². The molecule has 0 radical (unpaired) electrons. The van der Waals surface area contributed by atoms with Gasteiger partial charge in [-0.25, -0.2) is 0 Å². The van der Waals surface area contributed by atoms with Crippen LogP contribution in [0.3, 0.4) is 0 Å². The van der Waals surface area contributed by atoms with Crippen LogP contribution in [0.2, 0.25) is 0 Å². The highest BCUT2D eigenvalue weighted by Gasteiger charge is 1.99. The molecule has 0 amide bonds. The molecule has 0 saturated heterocycles. The van der Waals surface area contributed by atoms with Crippen LogP contribution in [0.5, 0.6) is 0 Å². The second kappa shape index (κ2) is 4.94. The Bertz CT molecular complexity index is 257. The molecule has 0 aliphatic carbocycles. The topological polar surface area (TPSA) is 47.1 Å². The van der Waals surface area contributed by atoms with Gasteiger partial charge in [0.15, 0.2) is 0 Å². The zero-order valence-electron chi connectivity index (χ0n) is 7.68. The summed E-state index contributed by atoms with van der Waals surface area (Å²) in [5.74, 6) is 0. The van der Waals surface area contributed by atoms with Crippen LogP contribution in [0.15, 0.2) is 18.5 Å². The molecule has 0 fully saturated rings. The van der Waals surface area contributed by atoms with E-state index in [1.54, 1.807) is 6.20 Å². The molecule has 13 heavy (non-hydrogen) atoms. The van der Waals surface area contributed by atoms with E-state index >= 15 is 0 Å². The molecule has 1 aromatic rings. The van der Waals surface area contributed by atoms with Crippen LogP contribution in [-0.2, 0) is 6.54 Å². The maximum atomic E-state index is 5.41. The number of rotatable bonds is 5. The zero-order valence-corrected chi connectivity index (χ0v) is 8.50. The normalized spacial score (nSPS) is 10.6. The molecule has 1 aromatic heterocycles. The first-order valence-electron chi connectivity index (χ1n) is 4.13. The van der Waals surface area contributed by atoms with Crippen molar-refractivity contribution in [1.29, 1.82) is 0 Å². The second-order valence-electron chi connectivity index (χ2n) is 2.97.